The number of benzene rings is 2. The highest BCUT2D eigenvalue weighted by atomic mass is 19.1. The van der Waals surface area contributed by atoms with Crippen LogP contribution < -0.4 is 9.64 Å². The largest absolute Gasteiger partial charge is 0.421 e. The summed E-state index contributed by atoms with van der Waals surface area (Å²) in [7, 11) is 0. The van der Waals surface area contributed by atoms with Crippen LogP contribution in [-0.4, -0.2) is 46.0 Å². The van der Waals surface area contributed by atoms with E-state index < -0.39 is 0 Å². The third-order valence-electron chi connectivity index (χ3n) is 5.95. The van der Waals surface area contributed by atoms with E-state index in [4.69, 9.17) is 4.74 Å². The van der Waals surface area contributed by atoms with E-state index in [-0.39, 0.29) is 11.9 Å². The molecule has 1 fully saturated rings. The standard InChI is InChI=1S/C25H24FN5O/c1-18(19-6-9-21(26)10-7-19)30-12-14-31(15-13-30)23-16-25(28-17-27-23)32-24-11-8-20-4-2-3-5-22(20)29-24/h2-11,16-18H,12-15H2,1H3/t18-/m0/s1. The molecule has 5 rings (SSSR count). The van der Waals surface area contributed by atoms with Crippen LogP contribution >= 0.6 is 0 Å². The van der Waals surface area contributed by atoms with Gasteiger partial charge in [-0.1, -0.05) is 30.3 Å². The van der Waals surface area contributed by atoms with Crippen molar-refractivity contribution in [2.24, 2.45) is 0 Å². The molecule has 7 heteroatoms. The predicted molar refractivity (Wildman–Crippen MR) is 122 cm³/mol. The molecule has 0 unspecified atom stereocenters. The lowest BCUT2D eigenvalue weighted by atomic mass is 10.1. The number of halogens is 1. The molecule has 6 nitrogen and oxygen atoms in total. The molecule has 0 saturated carbocycles. The van der Waals surface area contributed by atoms with Crippen LogP contribution in [-0.2, 0) is 0 Å². The molecular weight excluding hydrogens is 405 g/mol. The maximum absolute atomic E-state index is 13.2. The van der Waals surface area contributed by atoms with Crippen LogP contribution in [0.25, 0.3) is 10.9 Å². The Hall–Kier alpha value is -3.58. The van der Waals surface area contributed by atoms with E-state index in [1.54, 1.807) is 0 Å². The molecule has 0 aliphatic carbocycles. The molecule has 0 bridgehead atoms. The normalized spacial score (nSPS) is 15.6. The number of hydrogen-bond donors (Lipinski definition) is 0. The van der Waals surface area contributed by atoms with Gasteiger partial charge in [0.1, 0.15) is 18.0 Å². The van der Waals surface area contributed by atoms with Crippen LogP contribution in [0, 0.1) is 5.82 Å². The lowest BCUT2D eigenvalue weighted by Crippen LogP contribution is -2.47. The molecule has 1 aliphatic rings. The monoisotopic (exact) mass is 429 g/mol. The minimum Gasteiger partial charge on any atom is -0.421 e. The van der Waals surface area contributed by atoms with Crippen LogP contribution in [0.5, 0.6) is 11.8 Å². The summed E-state index contributed by atoms with van der Waals surface area (Å²) in [6.07, 6.45) is 1.53. The number of piperazine rings is 1. The van der Waals surface area contributed by atoms with Gasteiger partial charge in [-0.2, -0.15) is 0 Å². The van der Waals surface area contributed by atoms with Crippen molar-refractivity contribution < 1.29 is 9.13 Å². The molecular formula is C25H24FN5O. The van der Waals surface area contributed by atoms with Crippen LogP contribution in [0.4, 0.5) is 10.2 Å². The Morgan fingerprint density at radius 1 is 0.875 bits per heavy atom. The second-order valence-corrected chi connectivity index (χ2v) is 7.91. The topological polar surface area (TPSA) is 54.4 Å². The van der Waals surface area contributed by atoms with Crippen LogP contribution in [0.2, 0.25) is 0 Å². The van der Waals surface area contributed by atoms with E-state index in [2.05, 4.69) is 31.7 Å². The van der Waals surface area contributed by atoms with E-state index in [0.29, 0.717) is 11.8 Å². The zero-order valence-corrected chi connectivity index (χ0v) is 17.9. The second kappa shape index (κ2) is 8.88. The van der Waals surface area contributed by atoms with Crippen molar-refractivity contribution in [3.05, 3.63) is 84.4 Å². The molecule has 0 spiro atoms. The minimum atomic E-state index is -0.202. The van der Waals surface area contributed by atoms with Crippen molar-refractivity contribution in [1.29, 1.82) is 0 Å². The molecule has 3 heterocycles. The highest BCUT2D eigenvalue weighted by molar-refractivity contribution is 5.78. The summed E-state index contributed by atoms with van der Waals surface area (Å²) in [6.45, 7) is 5.64. The van der Waals surface area contributed by atoms with Crippen LogP contribution in [0.3, 0.4) is 0 Å². The van der Waals surface area contributed by atoms with E-state index in [0.717, 1.165) is 48.5 Å². The number of anilines is 1. The van der Waals surface area contributed by atoms with Gasteiger partial charge in [0.15, 0.2) is 0 Å². The molecule has 2 aromatic carbocycles. The van der Waals surface area contributed by atoms with E-state index in [1.807, 2.05) is 54.6 Å². The summed E-state index contributed by atoms with van der Waals surface area (Å²) < 4.78 is 19.1. The average Bonchev–Trinajstić information content (AvgIpc) is 2.84. The first-order chi connectivity index (χ1) is 15.7. The number of hydrogen-bond acceptors (Lipinski definition) is 6. The second-order valence-electron chi connectivity index (χ2n) is 7.91. The minimum absolute atomic E-state index is 0.202. The fraction of sp³-hybridized carbons (Fsp3) is 0.240. The lowest BCUT2D eigenvalue weighted by Gasteiger charge is -2.38. The number of aromatic nitrogens is 3. The smallest absolute Gasteiger partial charge is 0.226 e. The SMILES string of the molecule is C[C@@H](c1ccc(F)cc1)N1CCN(c2cc(Oc3ccc4ccccc4n3)ncn2)CC1. The molecule has 4 aromatic rings. The van der Waals surface area contributed by atoms with Gasteiger partial charge in [-0.3, -0.25) is 4.90 Å². The Kier molecular flexibility index (Phi) is 5.64. The van der Waals surface area contributed by atoms with Gasteiger partial charge in [0.25, 0.3) is 0 Å². The maximum atomic E-state index is 13.2. The van der Waals surface area contributed by atoms with Gasteiger partial charge in [0, 0.05) is 49.7 Å². The van der Waals surface area contributed by atoms with Crippen molar-refractivity contribution in [2.75, 3.05) is 31.1 Å². The zero-order valence-electron chi connectivity index (χ0n) is 17.9. The molecule has 1 aliphatic heterocycles. The highest BCUT2D eigenvalue weighted by Crippen LogP contribution is 2.26. The Balaban J connectivity index is 1.24. The number of para-hydroxylation sites is 1. The van der Waals surface area contributed by atoms with Gasteiger partial charge < -0.3 is 9.64 Å². The van der Waals surface area contributed by atoms with Gasteiger partial charge >= 0.3 is 0 Å². The Labute approximate surface area is 186 Å². The number of nitrogens with zero attached hydrogens (tertiary/aromatic N) is 5. The maximum Gasteiger partial charge on any atom is 0.226 e. The Morgan fingerprint density at radius 3 is 2.47 bits per heavy atom. The van der Waals surface area contributed by atoms with Crippen LogP contribution in [0.1, 0.15) is 18.5 Å². The summed E-state index contributed by atoms with van der Waals surface area (Å²) in [4.78, 5) is 17.9. The summed E-state index contributed by atoms with van der Waals surface area (Å²) in [5.74, 6) is 1.61. The van der Waals surface area contributed by atoms with Gasteiger partial charge in [0.2, 0.25) is 11.8 Å². The van der Waals surface area contributed by atoms with Crippen molar-refractivity contribution in [2.45, 2.75) is 13.0 Å². The third kappa shape index (κ3) is 4.38. The Bertz CT molecular complexity index is 1210. The summed E-state index contributed by atoms with van der Waals surface area (Å²) in [6, 6.07) is 20.6. The van der Waals surface area contributed by atoms with Crippen molar-refractivity contribution in [3.8, 4) is 11.8 Å². The van der Waals surface area contributed by atoms with Gasteiger partial charge in [-0.25, -0.2) is 19.3 Å². The van der Waals surface area contributed by atoms with E-state index >= 15 is 0 Å². The zero-order chi connectivity index (χ0) is 21.9. The van der Waals surface area contributed by atoms with Crippen molar-refractivity contribution in [3.63, 3.8) is 0 Å². The average molecular weight is 429 g/mol. The third-order valence-corrected chi connectivity index (χ3v) is 5.95. The molecule has 32 heavy (non-hydrogen) atoms. The fourth-order valence-corrected chi connectivity index (χ4v) is 4.06. The van der Waals surface area contributed by atoms with Gasteiger partial charge in [-0.15, -0.1) is 0 Å². The number of pyridine rings is 1. The molecule has 162 valence electrons. The fourth-order valence-electron chi connectivity index (χ4n) is 4.06. The summed E-state index contributed by atoms with van der Waals surface area (Å²) in [5.41, 5.74) is 2.01. The van der Waals surface area contributed by atoms with Gasteiger partial charge in [-0.05, 0) is 36.8 Å². The number of ether oxygens (including phenoxy) is 1. The molecule has 1 saturated heterocycles. The molecule has 0 radical (unpaired) electrons. The van der Waals surface area contributed by atoms with E-state index in [9.17, 15) is 4.39 Å². The Morgan fingerprint density at radius 2 is 1.66 bits per heavy atom. The molecule has 0 amide bonds. The highest BCUT2D eigenvalue weighted by Gasteiger charge is 2.23. The van der Waals surface area contributed by atoms with Crippen molar-refractivity contribution >= 4 is 16.7 Å². The first kappa shape index (κ1) is 20.3. The lowest BCUT2D eigenvalue weighted by molar-refractivity contribution is 0.198. The summed E-state index contributed by atoms with van der Waals surface area (Å²) >= 11 is 0. The molecule has 2 aromatic heterocycles. The predicted octanol–water partition coefficient (Wildman–Crippen LogP) is 4.84. The molecule has 0 N–H and O–H groups in total. The first-order valence-electron chi connectivity index (χ1n) is 10.8. The quantitative estimate of drug-likeness (QED) is 0.453. The summed E-state index contributed by atoms with van der Waals surface area (Å²) in [5, 5.41) is 1.07. The van der Waals surface area contributed by atoms with Crippen molar-refractivity contribution in [1.82, 2.24) is 19.9 Å². The van der Waals surface area contributed by atoms with Gasteiger partial charge in [0.05, 0.1) is 5.52 Å². The van der Waals surface area contributed by atoms with Crippen LogP contribution in [0.15, 0.2) is 73.1 Å². The number of fused-ring (bicyclic) bond motifs is 1. The number of rotatable bonds is 5. The first-order valence-corrected chi connectivity index (χ1v) is 10.8. The molecule has 1 atom stereocenters. The van der Waals surface area contributed by atoms with E-state index in [1.165, 1.54) is 18.5 Å².